The molecule has 0 bridgehead atoms. The lowest BCUT2D eigenvalue weighted by molar-refractivity contribution is -0.119. The molecule has 1 aliphatic rings. The lowest BCUT2D eigenvalue weighted by Crippen LogP contribution is -2.53. The van der Waals surface area contributed by atoms with Gasteiger partial charge in [0, 0.05) is 51.5 Å². The van der Waals surface area contributed by atoms with Gasteiger partial charge >= 0.3 is 0 Å². The molecule has 0 radical (unpaired) electrons. The lowest BCUT2D eigenvalue weighted by Gasteiger charge is -2.43. The van der Waals surface area contributed by atoms with Gasteiger partial charge in [-0.3, -0.25) is 9.59 Å². The Bertz CT molecular complexity index is 1580. The molecule has 43 heavy (non-hydrogen) atoms. The van der Waals surface area contributed by atoms with E-state index in [4.69, 9.17) is 33.7 Å². The highest BCUT2D eigenvalue weighted by molar-refractivity contribution is 7.18. The van der Waals surface area contributed by atoms with E-state index in [-0.39, 0.29) is 25.0 Å². The first-order valence-corrected chi connectivity index (χ1v) is 15.6. The summed E-state index contributed by atoms with van der Waals surface area (Å²) in [5.41, 5.74) is 8.77. The number of likely N-dealkylation sites (tertiary alicyclic amines) is 1. The van der Waals surface area contributed by atoms with E-state index >= 15 is 0 Å². The Morgan fingerprint density at radius 3 is 2.30 bits per heavy atom. The van der Waals surface area contributed by atoms with Crippen molar-refractivity contribution in [2.75, 3.05) is 26.2 Å². The van der Waals surface area contributed by atoms with E-state index in [1.165, 1.54) is 18.3 Å². The molecule has 1 fully saturated rings. The van der Waals surface area contributed by atoms with Crippen LogP contribution in [0.5, 0.6) is 5.75 Å². The zero-order valence-electron chi connectivity index (χ0n) is 23.7. The number of nitrogens with zero attached hydrogens (tertiary/aromatic N) is 1. The van der Waals surface area contributed by atoms with Gasteiger partial charge < -0.3 is 25.8 Å². The zero-order valence-corrected chi connectivity index (χ0v) is 26.0. The highest BCUT2D eigenvalue weighted by Crippen LogP contribution is 2.50. The molecule has 224 valence electrons. The second kappa shape index (κ2) is 13.5. The van der Waals surface area contributed by atoms with Crippen molar-refractivity contribution in [1.29, 1.82) is 0 Å². The Hall–Kier alpha value is -3.40. The number of piperidine rings is 1. The van der Waals surface area contributed by atoms with Gasteiger partial charge in [-0.25, -0.2) is 0 Å². The predicted octanol–water partition coefficient (Wildman–Crippen LogP) is 6.35. The van der Waals surface area contributed by atoms with Crippen LogP contribution >= 0.6 is 34.5 Å². The molecule has 4 aromatic rings. The summed E-state index contributed by atoms with van der Waals surface area (Å²) in [6, 6.07) is 24.6. The Morgan fingerprint density at radius 2 is 1.67 bits per heavy atom. The van der Waals surface area contributed by atoms with E-state index in [1.54, 1.807) is 17.0 Å². The van der Waals surface area contributed by atoms with Crippen LogP contribution in [-0.4, -0.2) is 54.3 Å². The van der Waals surface area contributed by atoms with E-state index < -0.39 is 11.6 Å². The first kappa shape index (κ1) is 31.0. The number of halogens is 2. The van der Waals surface area contributed by atoms with Gasteiger partial charge in [0.2, 0.25) is 5.91 Å². The Labute approximate surface area is 265 Å². The van der Waals surface area contributed by atoms with E-state index in [0.29, 0.717) is 46.6 Å². The average molecular weight is 639 g/mol. The summed E-state index contributed by atoms with van der Waals surface area (Å²) in [4.78, 5) is 28.8. The minimum atomic E-state index is -1.06. The summed E-state index contributed by atoms with van der Waals surface area (Å²) in [6.07, 6.45) is -0.0531. The van der Waals surface area contributed by atoms with Crippen molar-refractivity contribution in [3.63, 3.8) is 0 Å². The number of carbonyl (C=O) groups excluding carboxylic acids is 2. The average Bonchev–Trinajstić information content (AvgIpc) is 3.38. The van der Waals surface area contributed by atoms with Gasteiger partial charge in [0.1, 0.15) is 17.7 Å². The third-order valence-corrected chi connectivity index (χ3v) is 9.66. The van der Waals surface area contributed by atoms with Crippen LogP contribution in [0.4, 0.5) is 0 Å². The molecule has 0 saturated carbocycles. The number of rotatable bonds is 9. The topological polar surface area (TPSA) is 105 Å². The van der Waals surface area contributed by atoms with Gasteiger partial charge in [-0.05, 0) is 42.2 Å². The molecule has 1 aromatic heterocycles. The molecule has 10 heteroatoms. The normalized spacial score (nSPS) is 15.1. The Morgan fingerprint density at radius 1 is 1.02 bits per heavy atom. The van der Waals surface area contributed by atoms with Crippen molar-refractivity contribution in [1.82, 2.24) is 10.2 Å². The second-order valence-electron chi connectivity index (χ2n) is 10.5. The maximum absolute atomic E-state index is 14.3. The SMILES string of the molecule is CC(=O)NCCOc1c(C(=O)N2CCC(c3ccccc3)(C(N)O)CC2)sc(-c2ccccc2Cl)c1-c1ccc(Cl)cc1. The molecule has 4 N–H and O–H groups in total. The van der Waals surface area contributed by atoms with Gasteiger partial charge in [-0.15, -0.1) is 11.3 Å². The van der Waals surface area contributed by atoms with Gasteiger partial charge in [-0.1, -0.05) is 83.9 Å². The van der Waals surface area contributed by atoms with Gasteiger partial charge in [-0.2, -0.15) is 0 Å². The fourth-order valence-corrected chi connectivity index (χ4v) is 7.25. The molecule has 2 heterocycles. The molecule has 1 unspecified atom stereocenters. The monoisotopic (exact) mass is 637 g/mol. The van der Waals surface area contributed by atoms with Crippen LogP contribution in [0.15, 0.2) is 78.9 Å². The minimum Gasteiger partial charge on any atom is -0.489 e. The molecular weight excluding hydrogens is 605 g/mol. The molecule has 2 amide bonds. The first-order chi connectivity index (χ1) is 20.7. The van der Waals surface area contributed by atoms with Crippen molar-refractivity contribution in [2.24, 2.45) is 5.73 Å². The molecule has 0 aliphatic carbocycles. The van der Waals surface area contributed by atoms with Crippen molar-refractivity contribution in [3.05, 3.63) is 99.3 Å². The smallest absolute Gasteiger partial charge is 0.267 e. The maximum Gasteiger partial charge on any atom is 0.267 e. The highest BCUT2D eigenvalue weighted by atomic mass is 35.5. The molecule has 0 spiro atoms. The predicted molar refractivity (Wildman–Crippen MR) is 173 cm³/mol. The highest BCUT2D eigenvalue weighted by Gasteiger charge is 2.42. The molecule has 5 rings (SSSR count). The molecule has 3 aromatic carbocycles. The van der Waals surface area contributed by atoms with Gasteiger partial charge in [0.15, 0.2) is 5.75 Å². The summed E-state index contributed by atoms with van der Waals surface area (Å²) in [6.45, 7) is 2.69. The van der Waals surface area contributed by atoms with E-state index in [2.05, 4.69) is 5.32 Å². The van der Waals surface area contributed by atoms with E-state index in [9.17, 15) is 14.7 Å². The fraction of sp³-hybridized carbons (Fsp3) is 0.273. The number of nitrogens with one attached hydrogen (secondary N) is 1. The zero-order chi connectivity index (χ0) is 30.6. The number of amides is 2. The number of ether oxygens (including phenoxy) is 1. The number of benzene rings is 3. The van der Waals surface area contributed by atoms with Crippen LogP contribution in [0.3, 0.4) is 0 Å². The third kappa shape index (κ3) is 6.59. The molecular formula is C33H33Cl2N3O4S. The largest absolute Gasteiger partial charge is 0.489 e. The standard InChI is InChI=1S/C33H33Cl2N3O4S/c1-21(39)37-17-20-42-28-27(22-11-13-24(34)14-12-22)29(25-9-5-6-10-26(25)35)43-30(28)31(40)38-18-15-33(16-19-38,32(36)41)23-7-3-2-4-8-23/h2-14,32,41H,15-20,36H2,1H3,(H,37,39). The number of hydrogen-bond donors (Lipinski definition) is 3. The van der Waals surface area contributed by atoms with Crippen LogP contribution in [0.1, 0.15) is 35.0 Å². The fourth-order valence-electron chi connectivity index (χ4n) is 5.57. The number of nitrogens with two attached hydrogens (primary N) is 1. The maximum atomic E-state index is 14.3. The molecule has 7 nitrogen and oxygen atoms in total. The summed E-state index contributed by atoms with van der Waals surface area (Å²) in [5.74, 6) is 0.0785. The Kier molecular flexibility index (Phi) is 9.74. The van der Waals surface area contributed by atoms with Crippen molar-refractivity contribution in [2.45, 2.75) is 31.4 Å². The van der Waals surface area contributed by atoms with Crippen molar-refractivity contribution >= 4 is 46.4 Å². The lowest BCUT2D eigenvalue weighted by atomic mass is 9.71. The third-order valence-electron chi connectivity index (χ3n) is 7.89. The summed E-state index contributed by atoms with van der Waals surface area (Å²) >= 11 is 14.2. The van der Waals surface area contributed by atoms with Crippen LogP contribution in [-0.2, 0) is 10.2 Å². The number of hydrogen-bond acceptors (Lipinski definition) is 6. The number of thiophene rings is 1. The molecule has 1 aliphatic heterocycles. The molecule has 1 saturated heterocycles. The van der Waals surface area contributed by atoms with Crippen LogP contribution in [0.25, 0.3) is 21.6 Å². The summed E-state index contributed by atoms with van der Waals surface area (Å²) in [5, 5.41) is 14.5. The van der Waals surface area contributed by atoms with Crippen LogP contribution in [0, 0.1) is 0 Å². The quantitative estimate of drug-likeness (QED) is 0.146. The Balaban J connectivity index is 1.55. The van der Waals surface area contributed by atoms with Crippen LogP contribution < -0.4 is 15.8 Å². The number of aliphatic hydroxyl groups excluding tert-OH is 1. The number of carbonyl (C=O) groups is 2. The van der Waals surface area contributed by atoms with Crippen molar-refractivity contribution < 1.29 is 19.4 Å². The second-order valence-corrected chi connectivity index (χ2v) is 12.4. The summed E-state index contributed by atoms with van der Waals surface area (Å²) < 4.78 is 6.32. The summed E-state index contributed by atoms with van der Waals surface area (Å²) in [7, 11) is 0. The first-order valence-electron chi connectivity index (χ1n) is 14.0. The van der Waals surface area contributed by atoms with E-state index in [1.807, 2.05) is 66.7 Å². The van der Waals surface area contributed by atoms with Crippen LogP contribution in [0.2, 0.25) is 10.0 Å². The minimum absolute atomic E-state index is 0.162. The van der Waals surface area contributed by atoms with Gasteiger partial charge in [0.05, 0.1) is 6.54 Å². The van der Waals surface area contributed by atoms with E-state index in [0.717, 1.165) is 27.1 Å². The molecule has 1 atom stereocenters. The number of aliphatic hydroxyl groups is 1. The van der Waals surface area contributed by atoms with Crippen molar-refractivity contribution in [3.8, 4) is 27.3 Å². The van der Waals surface area contributed by atoms with Gasteiger partial charge in [0.25, 0.3) is 5.91 Å².